The molecule has 0 aliphatic heterocycles. The molecule has 36 heavy (non-hydrogen) atoms. The van der Waals surface area contributed by atoms with Gasteiger partial charge >= 0.3 is 6.09 Å². The third kappa shape index (κ3) is 7.83. The average molecular weight is 497 g/mol. The molecule has 9 nitrogen and oxygen atoms in total. The van der Waals surface area contributed by atoms with Crippen LogP contribution in [-0.2, 0) is 19.1 Å². The van der Waals surface area contributed by atoms with E-state index in [0.29, 0.717) is 11.3 Å². The number of likely N-dealkylation sites (N-methyl/N-ethyl adjacent to an activating group) is 1. The van der Waals surface area contributed by atoms with Crippen molar-refractivity contribution in [2.24, 2.45) is 5.73 Å². The Morgan fingerprint density at radius 3 is 2.03 bits per heavy atom. The number of aryl methyl sites for hydroxylation is 3. The van der Waals surface area contributed by atoms with Gasteiger partial charge in [0.05, 0.1) is 6.42 Å². The van der Waals surface area contributed by atoms with E-state index in [0.717, 1.165) is 16.7 Å². The molecule has 9 heteroatoms. The average Bonchev–Trinajstić information content (AvgIpc) is 2.75. The van der Waals surface area contributed by atoms with Crippen molar-refractivity contribution < 1.29 is 23.9 Å². The second kappa shape index (κ2) is 11.7. The normalized spacial score (nSPS) is 12.8. The van der Waals surface area contributed by atoms with Gasteiger partial charge in [0.1, 0.15) is 17.7 Å². The lowest BCUT2D eigenvalue weighted by Gasteiger charge is -2.31. The number of anilines is 1. The molecule has 2 unspecified atom stereocenters. The van der Waals surface area contributed by atoms with E-state index < -0.39 is 47.9 Å². The number of alkyl carbamates (subject to hydrolysis) is 1. The summed E-state index contributed by atoms with van der Waals surface area (Å²) in [6.07, 6.45) is -1.33. The summed E-state index contributed by atoms with van der Waals surface area (Å²) in [4.78, 5) is 52.4. The van der Waals surface area contributed by atoms with E-state index in [1.807, 2.05) is 51.1 Å². The van der Waals surface area contributed by atoms with Crippen molar-refractivity contribution >= 4 is 29.5 Å². The van der Waals surface area contributed by atoms with Crippen molar-refractivity contribution in [3.8, 4) is 0 Å². The molecule has 0 saturated carbocycles. The number of para-hydroxylation sites is 1. The van der Waals surface area contributed by atoms with E-state index >= 15 is 0 Å². The maximum atomic E-state index is 13.6. The van der Waals surface area contributed by atoms with Crippen LogP contribution in [0, 0.1) is 20.8 Å². The van der Waals surface area contributed by atoms with Crippen molar-refractivity contribution in [3.63, 3.8) is 0 Å². The molecule has 0 aromatic heterocycles. The molecule has 2 atom stereocenters. The van der Waals surface area contributed by atoms with Crippen LogP contribution in [-0.4, -0.2) is 47.4 Å². The zero-order chi connectivity index (χ0) is 27.2. The molecule has 0 radical (unpaired) electrons. The number of carbonyl (C=O) groups excluding carboxylic acids is 4. The summed E-state index contributed by atoms with van der Waals surface area (Å²) in [5, 5.41) is 5.37. The molecule has 4 amide bonds. The third-order valence-electron chi connectivity index (χ3n) is 5.50. The number of nitrogens with two attached hydrogens (primary N) is 1. The van der Waals surface area contributed by atoms with Gasteiger partial charge in [0.25, 0.3) is 5.91 Å². The molecular weight excluding hydrogens is 460 g/mol. The predicted octanol–water partition coefficient (Wildman–Crippen LogP) is 3.52. The molecule has 194 valence electrons. The first-order valence-electron chi connectivity index (χ1n) is 11.7. The van der Waals surface area contributed by atoms with Gasteiger partial charge in [0, 0.05) is 12.7 Å². The van der Waals surface area contributed by atoms with Crippen molar-refractivity contribution in [1.29, 1.82) is 0 Å². The Balaban J connectivity index is 2.42. The van der Waals surface area contributed by atoms with Crippen molar-refractivity contribution in [2.45, 2.75) is 65.6 Å². The molecule has 2 rings (SSSR count). The van der Waals surface area contributed by atoms with E-state index in [1.54, 1.807) is 32.9 Å². The Labute approximate surface area is 212 Å². The van der Waals surface area contributed by atoms with Crippen LogP contribution in [0.5, 0.6) is 0 Å². The Morgan fingerprint density at radius 2 is 1.53 bits per heavy atom. The van der Waals surface area contributed by atoms with Crippen LogP contribution in [0.1, 0.15) is 55.5 Å². The fraction of sp³-hybridized carbons (Fsp3) is 0.407. The molecule has 2 aromatic rings. The summed E-state index contributed by atoms with van der Waals surface area (Å²) >= 11 is 0. The number of amides is 4. The number of nitrogens with one attached hydrogen (secondary N) is 2. The van der Waals surface area contributed by atoms with Gasteiger partial charge in [-0.2, -0.15) is 0 Å². The molecule has 0 spiro atoms. The fourth-order valence-electron chi connectivity index (χ4n) is 3.73. The summed E-state index contributed by atoms with van der Waals surface area (Å²) in [7, 11) is 1.45. The zero-order valence-corrected chi connectivity index (χ0v) is 22.0. The standard InChI is InChI=1S/C27H36N4O5/c1-16-11-13-19(14-12-16)23(24(33)30-22-17(2)9-8-10-18(22)3)31(7)25(34)20(15-21(28)32)29-26(35)36-27(4,5)6/h8-14,20,23H,15H2,1-7H3,(H2,28,32)(H,29,35)(H,30,33). The highest BCUT2D eigenvalue weighted by atomic mass is 16.6. The van der Waals surface area contributed by atoms with Gasteiger partial charge < -0.3 is 26.0 Å². The van der Waals surface area contributed by atoms with Gasteiger partial charge in [0.15, 0.2) is 0 Å². The van der Waals surface area contributed by atoms with Crippen LogP contribution in [0.4, 0.5) is 10.5 Å². The second-order valence-electron chi connectivity index (χ2n) is 9.89. The summed E-state index contributed by atoms with van der Waals surface area (Å²) < 4.78 is 5.24. The minimum Gasteiger partial charge on any atom is -0.444 e. The van der Waals surface area contributed by atoms with Crippen LogP contribution in [0.15, 0.2) is 42.5 Å². The van der Waals surface area contributed by atoms with Crippen molar-refractivity contribution in [3.05, 3.63) is 64.7 Å². The zero-order valence-electron chi connectivity index (χ0n) is 22.0. The molecule has 0 aliphatic rings. The van der Waals surface area contributed by atoms with Crippen LogP contribution >= 0.6 is 0 Å². The maximum Gasteiger partial charge on any atom is 0.408 e. The van der Waals surface area contributed by atoms with Crippen molar-refractivity contribution in [1.82, 2.24) is 10.2 Å². The number of ether oxygens (including phenoxy) is 1. The number of hydrogen-bond acceptors (Lipinski definition) is 5. The fourth-order valence-corrected chi connectivity index (χ4v) is 3.73. The number of nitrogens with zero attached hydrogens (tertiary/aromatic N) is 1. The van der Waals surface area contributed by atoms with Gasteiger partial charge in [-0.15, -0.1) is 0 Å². The van der Waals surface area contributed by atoms with Crippen LogP contribution in [0.25, 0.3) is 0 Å². The summed E-state index contributed by atoms with van der Waals surface area (Å²) in [6, 6.07) is 10.5. The number of hydrogen-bond donors (Lipinski definition) is 3. The van der Waals surface area contributed by atoms with E-state index in [4.69, 9.17) is 10.5 Å². The van der Waals surface area contributed by atoms with Gasteiger partial charge in [-0.3, -0.25) is 14.4 Å². The molecular formula is C27H36N4O5. The first-order valence-corrected chi connectivity index (χ1v) is 11.7. The molecule has 4 N–H and O–H groups in total. The Kier molecular flexibility index (Phi) is 9.22. The Hall–Kier alpha value is -3.88. The van der Waals surface area contributed by atoms with Crippen LogP contribution in [0.2, 0.25) is 0 Å². The topological polar surface area (TPSA) is 131 Å². The monoisotopic (exact) mass is 496 g/mol. The summed E-state index contributed by atoms with van der Waals surface area (Å²) in [6.45, 7) is 10.7. The molecule has 0 saturated heterocycles. The summed E-state index contributed by atoms with van der Waals surface area (Å²) in [5.41, 5.74) is 8.49. The van der Waals surface area contributed by atoms with Gasteiger partial charge in [-0.1, -0.05) is 48.0 Å². The largest absolute Gasteiger partial charge is 0.444 e. The van der Waals surface area contributed by atoms with E-state index in [1.165, 1.54) is 11.9 Å². The molecule has 0 fully saturated rings. The third-order valence-corrected chi connectivity index (χ3v) is 5.50. The highest BCUT2D eigenvalue weighted by Gasteiger charge is 2.35. The van der Waals surface area contributed by atoms with E-state index in [2.05, 4.69) is 10.6 Å². The quantitative estimate of drug-likeness (QED) is 0.515. The van der Waals surface area contributed by atoms with Gasteiger partial charge in [-0.25, -0.2) is 4.79 Å². The number of rotatable bonds is 8. The number of carbonyl (C=O) groups is 4. The minimum atomic E-state index is -1.32. The van der Waals surface area contributed by atoms with Gasteiger partial charge in [-0.05, 0) is 58.2 Å². The van der Waals surface area contributed by atoms with Crippen molar-refractivity contribution in [2.75, 3.05) is 12.4 Å². The highest BCUT2D eigenvalue weighted by molar-refractivity contribution is 6.00. The van der Waals surface area contributed by atoms with Crippen LogP contribution < -0.4 is 16.4 Å². The number of benzene rings is 2. The SMILES string of the molecule is Cc1ccc(C(C(=O)Nc2c(C)cccc2C)N(C)C(=O)C(CC(N)=O)NC(=O)OC(C)(C)C)cc1. The lowest BCUT2D eigenvalue weighted by atomic mass is 10.0. The molecule has 0 aliphatic carbocycles. The van der Waals surface area contributed by atoms with E-state index in [9.17, 15) is 19.2 Å². The molecule has 0 heterocycles. The van der Waals surface area contributed by atoms with Gasteiger partial charge in [0.2, 0.25) is 11.8 Å². The van der Waals surface area contributed by atoms with Crippen LogP contribution in [0.3, 0.4) is 0 Å². The smallest absolute Gasteiger partial charge is 0.408 e. The first kappa shape index (κ1) is 28.4. The lowest BCUT2D eigenvalue weighted by Crippen LogP contribution is -2.52. The first-order chi connectivity index (χ1) is 16.7. The second-order valence-corrected chi connectivity index (χ2v) is 9.89. The molecule has 2 aromatic carbocycles. The Bertz CT molecular complexity index is 1100. The summed E-state index contributed by atoms with van der Waals surface area (Å²) in [5.74, 6) is -1.89. The number of primary amides is 1. The Morgan fingerprint density at radius 1 is 0.972 bits per heavy atom. The highest BCUT2D eigenvalue weighted by Crippen LogP contribution is 2.26. The lowest BCUT2D eigenvalue weighted by molar-refractivity contribution is -0.140. The predicted molar refractivity (Wildman–Crippen MR) is 138 cm³/mol. The maximum absolute atomic E-state index is 13.6. The van der Waals surface area contributed by atoms with E-state index in [-0.39, 0.29) is 0 Å². The molecule has 0 bridgehead atoms. The minimum absolute atomic E-state index is 0.442.